The van der Waals surface area contributed by atoms with Gasteiger partial charge in [0.25, 0.3) is 10.0 Å². The molecule has 4 rings (SSSR count). The number of sulfonamides is 1. The van der Waals surface area contributed by atoms with Crippen LogP contribution in [0.5, 0.6) is 5.75 Å². The summed E-state index contributed by atoms with van der Waals surface area (Å²) in [5, 5.41) is 9.88. The third kappa shape index (κ3) is 7.41. The number of nitrogens with zero attached hydrogens (tertiary/aromatic N) is 2. The molecule has 0 bridgehead atoms. The van der Waals surface area contributed by atoms with Crippen molar-refractivity contribution in [2.45, 2.75) is 50.8 Å². The van der Waals surface area contributed by atoms with Crippen LogP contribution in [0, 0.1) is 12.8 Å². The van der Waals surface area contributed by atoms with Crippen molar-refractivity contribution in [1.82, 2.24) is 9.80 Å². The minimum Gasteiger partial charge on any atom is -0.488 e. The van der Waals surface area contributed by atoms with Crippen molar-refractivity contribution in [2.24, 2.45) is 5.92 Å². The molecule has 0 spiro atoms. The second kappa shape index (κ2) is 12.8. The maximum absolute atomic E-state index is 13.5. The first kappa shape index (κ1) is 29.6. The fourth-order valence-electron chi connectivity index (χ4n) is 4.91. The highest BCUT2D eigenvalue weighted by atomic mass is 32.2. The average Bonchev–Trinajstić information content (AvgIpc) is 2.96. The zero-order valence-corrected chi connectivity index (χ0v) is 24.4. The van der Waals surface area contributed by atoms with Gasteiger partial charge >= 0.3 is 0 Å². The highest BCUT2D eigenvalue weighted by molar-refractivity contribution is 7.92. The molecule has 0 fully saturated rings. The van der Waals surface area contributed by atoms with Gasteiger partial charge in [-0.3, -0.25) is 14.4 Å². The Kier molecular flexibility index (Phi) is 9.50. The zero-order chi connectivity index (χ0) is 28.9. The molecule has 0 unspecified atom stereocenters. The molecule has 2 N–H and O–H groups in total. The van der Waals surface area contributed by atoms with Crippen molar-refractivity contribution in [3.05, 3.63) is 89.5 Å². The maximum Gasteiger partial charge on any atom is 0.261 e. The van der Waals surface area contributed by atoms with Crippen LogP contribution in [0.2, 0.25) is 0 Å². The van der Waals surface area contributed by atoms with Crippen LogP contribution < -0.4 is 9.46 Å². The summed E-state index contributed by atoms with van der Waals surface area (Å²) in [7, 11) is -1.77. The summed E-state index contributed by atoms with van der Waals surface area (Å²) in [4.78, 5) is 17.5. The topological polar surface area (TPSA) is 99.2 Å². The molecule has 40 heavy (non-hydrogen) atoms. The third-order valence-electron chi connectivity index (χ3n) is 7.29. The van der Waals surface area contributed by atoms with Gasteiger partial charge in [-0.05, 0) is 56.8 Å². The molecule has 8 nitrogen and oxygen atoms in total. The molecule has 0 saturated carbocycles. The molecule has 1 aliphatic heterocycles. The summed E-state index contributed by atoms with van der Waals surface area (Å²) in [6.45, 7) is 7.43. The Balaban J connectivity index is 1.63. The van der Waals surface area contributed by atoms with Gasteiger partial charge in [-0.15, -0.1) is 0 Å². The zero-order valence-electron chi connectivity index (χ0n) is 23.6. The van der Waals surface area contributed by atoms with Gasteiger partial charge < -0.3 is 14.7 Å². The van der Waals surface area contributed by atoms with Gasteiger partial charge in [0, 0.05) is 36.8 Å². The van der Waals surface area contributed by atoms with E-state index >= 15 is 0 Å². The van der Waals surface area contributed by atoms with Crippen molar-refractivity contribution >= 4 is 21.6 Å². The van der Waals surface area contributed by atoms with E-state index in [-0.39, 0.29) is 41.9 Å². The fourth-order valence-corrected chi connectivity index (χ4v) is 5.96. The third-order valence-corrected chi connectivity index (χ3v) is 8.68. The predicted molar refractivity (Wildman–Crippen MR) is 157 cm³/mol. The first-order valence-electron chi connectivity index (χ1n) is 13.6. The van der Waals surface area contributed by atoms with Crippen LogP contribution in [0.3, 0.4) is 0 Å². The summed E-state index contributed by atoms with van der Waals surface area (Å²) in [6.07, 6.45) is -0.221. The van der Waals surface area contributed by atoms with Crippen molar-refractivity contribution in [2.75, 3.05) is 31.5 Å². The Labute approximate surface area is 237 Å². The molecule has 0 aromatic heterocycles. The van der Waals surface area contributed by atoms with E-state index in [0.29, 0.717) is 30.1 Å². The number of amides is 1. The number of carbonyl (C=O) groups excluding carboxylic acids is 1. The first-order chi connectivity index (χ1) is 19.1. The van der Waals surface area contributed by atoms with Crippen molar-refractivity contribution in [3.63, 3.8) is 0 Å². The molecule has 9 heteroatoms. The van der Waals surface area contributed by atoms with E-state index in [9.17, 15) is 18.3 Å². The van der Waals surface area contributed by atoms with Gasteiger partial charge in [0.2, 0.25) is 5.91 Å². The Bertz CT molecular complexity index is 1400. The number of hydrogen-bond acceptors (Lipinski definition) is 6. The van der Waals surface area contributed by atoms with E-state index in [4.69, 9.17) is 4.74 Å². The number of aliphatic hydroxyl groups is 1. The smallest absolute Gasteiger partial charge is 0.261 e. The molecule has 214 valence electrons. The lowest BCUT2D eigenvalue weighted by Crippen LogP contribution is -2.47. The van der Waals surface area contributed by atoms with Crippen LogP contribution in [0.25, 0.3) is 0 Å². The van der Waals surface area contributed by atoms with Crippen LogP contribution in [0.15, 0.2) is 77.7 Å². The molecule has 1 heterocycles. The van der Waals surface area contributed by atoms with E-state index in [2.05, 4.69) is 28.7 Å². The highest BCUT2D eigenvalue weighted by Gasteiger charge is 2.31. The van der Waals surface area contributed by atoms with Gasteiger partial charge in [0.1, 0.15) is 11.9 Å². The van der Waals surface area contributed by atoms with Crippen LogP contribution >= 0.6 is 0 Å². The molecular formula is C31H39N3O5S. The largest absolute Gasteiger partial charge is 0.488 e. The fraction of sp³-hybridized carbons (Fsp3) is 0.387. The number of fused-ring (bicyclic) bond motifs is 1. The number of aryl methyl sites for hydroxylation is 1. The molecule has 0 aliphatic carbocycles. The average molecular weight is 566 g/mol. The SMILES string of the molecule is Cc1ccc(S(=O)(=O)Nc2ccc3c(c2)CC(=O)N([C@H](C)CO)C[C@@H](C)[C@H](CN(C)Cc2ccccc2)O3)cc1. The Hall–Kier alpha value is -3.40. The van der Waals surface area contributed by atoms with Crippen LogP contribution in [-0.2, 0) is 27.8 Å². The summed E-state index contributed by atoms with van der Waals surface area (Å²) in [6, 6.07) is 21.5. The minimum absolute atomic E-state index is 0.0261. The van der Waals surface area contributed by atoms with E-state index < -0.39 is 10.0 Å². The Morgan fingerprint density at radius 3 is 2.48 bits per heavy atom. The standard InChI is InChI=1S/C31H39N3O5S/c1-22-10-13-28(14-11-22)40(37,38)32-27-12-15-29-26(16-27)17-31(36)34(24(3)21-35)18-23(2)30(39-29)20-33(4)19-25-8-6-5-7-9-25/h5-16,23-24,30,32,35H,17-21H2,1-4H3/t23-,24-,30+/m1/s1. The van der Waals surface area contributed by atoms with Crippen LogP contribution in [0.4, 0.5) is 5.69 Å². The first-order valence-corrected chi connectivity index (χ1v) is 15.1. The van der Waals surface area contributed by atoms with E-state index in [0.717, 1.165) is 12.1 Å². The minimum atomic E-state index is -3.81. The normalized spacial score (nSPS) is 18.8. The number of likely N-dealkylation sites (N-methyl/N-ethyl adjacent to an activating group) is 1. The molecule has 3 atom stereocenters. The van der Waals surface area contributed by atoms with Gasteiger partial charge in [-0.2, -0.15) is 0 Å². The monoisotopic (exact) mass is 565 g/mol. The van der Waals surface area contributed by atoms with E-state index in [1.807, 2.05) is 39.1 Å². The van der Waals surface area contributed by atoms with E-state index in [1.54, 1.807) is 47.4 Å². The lowest BCUT2D eigenvalue weighted by molar-refractivity contribution is -0.134. The van der Waals surface area contributed by atoms with E-state index in [1.165, 1.54) is 5.56 Å². The van der Waals surface area contributed by atoms with Crippen molar-refractivity contribution < 1.29 is 23.1 Å². The quantitative estimate of drug-likeness (QED) is 0.406. The number of ether oxygens (including phenoxy) is 1. The number of hydrogen-bond donors (Lipinski definition) is 2. The van der Waals surface area contributed by atoms with Crippen LogP contribution in [0.1, 0.15) is 30.5 Å². The van der Waals surface area contributed by atoms with Crippen LogP contribution in [-0.4, -0.2) is 68.1 Å². The number of nitrogens with one attached hydrogen (secondary N) is 1. The van der Waals surface area contributed by atoms with Gasteiger partial charge in [-0.1, -0.05) is 55.0 Å². The summed E-state index contributed by atoms with van der Waals surface area (Å²) >= 11 is 0. The number of carbonyl (C=O) groups is 1. The van der Waals surface area contributed by atoms with Gasteiger partial charge in [0.15, 0.2) is 0 Å². The van der Waals surface area contributed by atoms with Crippen molar-refractivity contribution in [3.8, 4) is 5.75 Å². The second-order valence-corrected chi connectivity index (χ2v) is 12.5. The number of rotatable bonds is 9. The molecule has 3 aromatic carbocycles. The lowest BCUT2D eigenvalue weighted by Gasteiger charge is -2.34. The molecule has 0 radical (unpaired) electrons. The maximum atomic E-state index is 13.5. The molecule has 3 aromatic rings. The predicted octanol–water partition coefficient (Wildman–Crippen LogP) is 4.08. The van der Waals surface area contributed by atoms with Gasteiger partial charge in [0.05, 0.1) is 24.0 Å². The molecular weight excluding hydrogens is 526 g/mol. The Morgan fingerprint density at radius 2 is 1.80 bits per heavy atom. The molecule has 0 saturated heterocycles. The molecule has 1 amide bonds. The highest BCUT2D eigenvalue weighted by Crippen LogP contribution is 2.30. The summed E-state index contributed by atoms with van der Waals surface area (Å²) in [5.41, 5.74) is 3.10. The van der Waals surface area contributed by atoms with Gasteiger partial charge in [-0.25, -0.2) is 8.42 Å². The lowest BCUT2D eigenvalue weighted by atomic mass is 10.0. The number of benzene rings is 3. The second-order valence-electron chi connectivity index (χ2n) is 10.8. The summed E-state index contributed by atoms with van der Waals surface area (Å²) in [5.74, 6) is 0.381. The summed E-state index contributed by atoms with van der Waals surface area (Å²) < 4.78 is 35.2. The number of anilines is 1. The van der Waals surface area contributed by atoms with Crippen molar-refractivity contribution in [1.29, 1.82) is 0 Å². The number of aliphatic hydroxyl groups excluding tert-OH is 1. The Morgan fingerprint density at radius 1 is 1.10 bits per heavy atom. The molecule has 1 aliphatic rings.